The maximum Gasteiger partial charge on any atom is 0.0726 e. The Morgan fingerprint density at radius 2 is 1.78 bits per heavy atom. The molecule has 1 aromatic heterocycles. The number of nitrogens with zero attached hydrogens (tertiary/aromatic N) is 2. The van der Waals surface area contributed by atoms with Crippen molar-refractivity contribution in [3.05, 3.63) is 101 Å². The quantitative estimate of drug-likeness (QED) is 0.408. The Balaban J connectivity index is 1.24. The van der Waals surface area contributed by atoms with Crippen molar-refractivity contribution in [1.29, 1.82) is 0 Å². The Morgan fingerprint density at radius 1 is 0.938 bits per heavy atom. The van der Waals surface area contributed by atoms with Crippen molar-refractivity contribution in [2.45, 2.75) is 26.3 Å². The van der Waals surface area contributed by atoms with Crippen LogP contribution in [0.3, 0.4) is 0 Å². The number of anilines is 2. The van der Waals surface area contributed by atoms with Crippen LogP contribution in [0.1, 0.15) is 28.8 Å². The number of nitrogens with one attached hydrogen (secondary N) is 1. The zero-order valence-electron chi connectivity index (χ0n) is 18.4. The minimum absolute atomic E-state index is 0.883. The lowest BCUT2D eigenvalue weighted by atomic mass is 10.00. The van der Waals surface area contributed by atoms with E-state index in [4.69, 9.17) is 0 Å². The van der Waals surface area contributed by atoms with E-state index in [1.165, 1.54) is 11.1 Å². The van der Waals surface area contributed by atoms with Gasteiger partial charge < -0.3 is 5.32 Å². The van der Waals surface area contributed by atoms with Gasteiger partial charge in [-0.3, -0.25) is 9.88 Å². The summed E-state index contributed by atoms with van der Waals surface area (Å²) in [6.07, 6.45) is 2.02. The van der Waals surface area contributed by atoms with E-state index in [2.05, 4.69) is 93.8 Å². The highest BCUT2D eigenvalue weighted by atomic mass is 15.1. The number of aryl methyl sites for hydroxylation is 1. The summed E-state index contributed by atoms with van der Waals surface area (Å²) < 4.78 is 0. The number of para-hydroxylation sites is 1. The Kier molecular flexibility index (Phi) is 5.87. The topological polar surface area (TPSA) is 28.2 Å². The van der Waals surface area contributed by atoms with Gasteiger partial charge in [0.15, 0.2) is 0 Å². The van der Waals surface area contributed by atoms with Crippen LogP contribution in [0.25, 0.3) is 10.9 Å². The van der Waals surface area contributed by atoms with Gasteiger partial charge in [0.25, 0.3) is 0 Å². The first-order valence-electron chi connectivity index (χ1n) is 11.3. The summed E-state index contributed by atoms with van der Waals surface area (Å²) in [5.74, 6) is 6.72. The summed E-state index contributed by atoms with van der Waals surface area (Å²) in [5, 5.41) is 4.69. The molecule has 3 aromatic carbocycles. The molecule has 5 rings (SSSR count). The first-order chi connectivity index (χ1) is 15.7. The average molecular weight is 418 g/mol. The zero-order valence-corrected chi connectivity index (χ0v) is 18.4. The number of pyridine rings is 1. The van der Waals surface area contributed by atoms with Gasteiger partial charge in [-0.05, 0) is 54.8 Å². The minimum Gasteiger partial charge on any atom is -0.355 e. The van der Waals surface area contributed by atoms with E-state index in [1.54, 1.807) is 0 Å². The molecule has 0 amide bonds. The molecule has 0 radical (unpaired) electrons. The Morgan fingerprint density at radius 3 is 2.72 bits per heavy atom. The van der Waals surface area contributed by atoms with Gasteiger partial charge in [0.2, 0.25) is 0 Å². The fourth-order valence-corrected chi connectivity index (χ4v) is 4.37. The van der Waals surface area contributed by atoms with E-state index in [0.29, 0.717) is 0 Å². The summed E-state index contributed by atoms with van der Waals surface area (Å²) in [7, 11) is 0. The lowest BCUT2D eigenvalue weighted by Gasteiger charge is -2.27. The maximum atomic E-state index is 4.63. The third kappa shape index (κ3) is 4.66. The molecule has 0 fully saturated rings. The number of rotatable bonds is 4. The van der Waals surface area contributed by atoms with Crippen LogP contribution >= 0.6 is 0 Å². The van der Waals surface area contributed by atoms with Crippen molar-refractivity contribution in [2.24, 2.45) is 0 Å². The molecule has 0 saturated carbocycles. The standard InChI is InChI=1S/C29H27N3/c1-22-19-29(27-14-4-5-15-28(27)30-22)31-26-13-8-10-23(20-26)9-6-7-17-32-18-16-24-11-2-3-12-25(24)21-32/h2-5,8,10-15,19-20H,7,16-18,21H2,1H3,(H,30,31). The fraction of sp³-hybridized carbons (Fsp3) is 0.207. The molecule has 1 N–H and O–H groups in total. The van der Waals surface area contributed by atoms with Crippen LogP contribution in [0.5, 0.6) is 0 Å². The summed E-state index contributed by atoms with van der Waals surface area (Å²) in [6, 6.07) is 27.4. The largest absolute Gasteiger partial charge is 0.355 e. The second-order valence-corrected chi connectivity index (χ2v) is 8.38. The second kappa shape index (κ2) is 9.26. The average Bonchev–Trinajstić information content (AvgIpc) is 2.82. The van der Waals surface area contributed by atoms with Crippen LogP contribution in [0.2, 0.25) is 0 Å². The van der Waals surface area contributed by atoms with Gasteiger partial charge in [0.05, 0.1) is 5.52 Å². The number of benzene rings is 3. The van der Waals surface area contributed by atoms with Gasteiger partial charge in [0.1, 0.15) is 0 Å². The lowest BCUT2D eigenvalue weighted by molar-refractivity contribution is 0.260. The van der Waals surface area contributed by atoms with Crippen molar-refractivity contribution < 1.29 is 0 Å². The summed E-state index contributed by atoms with van der Waals surface area (Å²) in [5.41, 5.74) is 8.12. The molecular formula is C29H27N3. The molecule has 0 spiro atoms. The van der Waals surface area contributed by atoms with Crippen molar-refractivity contribution in [2.75, 3.05) is 18.4 Å². The van der Waals surface area contributed by atoms with Gasteiger partial charge in [-0.25, -0.2) is 0 Å². The Hall–Kier alpha value is -3.61. The molecule has 3 heteroatoms. The summed E-state index contributed by atoms with van der Waals surface area (Å²) >= 11 is 0. The molecule has 0 atom stereocenters. The number of hydrogen-bond acceptors (Lipinski definition) is 3. The molecule has 0 aliphatic carbocycles. The number of fused-ring (bicyclic) bond motifs is 2. The molecule has 0 bridgehead atoms. The highest BCUT2D eigenvalue weighted by molar-refractivity contribution is 5.93. The molecule has 158 valence electrons. The molecule has 32 heavy (non-hydrogen) atoms. The highest BCUT2D eigenvalue weighted by Crippen LogP contribution is 2.26. The van der Waals surface area contributed by atoms with E-state index in [0.717, 1.165) is 66.0 Å². The van der Waals surface area contributed by atoms with Crippen LogP contribution < -0.4 is 5.32 Å². The van der Waals surface area contributed by atoms with Crippen LogP contribution in [-0.2, 0) is 13.0 Å². The molecule has 0 saturated heterocycles. The monoisotopic (exact) mass is 417 g/mol. The van der Waals surface area contributed by atoms with Crippen LogP contribution in [-0.4, -0.2) is 23.0 Å². The van der Waals surface area contributed by atoms with E-state index in [-0.39, 0.29) is 0 Å². The van der Waals surface area contributed by atoms with Gasteiger partial charge in [-0.1, -0.05) is 60.4 Å². The SMILES string of the molecule is Cc1cc(Nc2cccc(C#CCCN3CCc4ccccc4C3)c2)c2ccccc2n1. The Bertz CT molecular complexity index is 1310. The van der Waals surface area contributed by atoms with E-state index in [9.17, 15) is 0 Å². The van der Waals surface area contributed by atoms with Crippen molar-refractivity contribution in [3.63, 3.8) is 0 Å². The van der Waals surface area contributed by atoms with Gasteiger partial charge in [-0.2, -0.15) is 0 Å². The molecular weight excluding hydrogens is 390 g/mol. The Labute approximate surface area is 190 Å². The van der Waals surface area contributed by atoms with Crippen LogP contribution in [0, 0.1) is 18.8 Å². The van der Waals surface area contributed by atoms with Gasteiger partial charge in [-0.15, -0.1) is 0 Å². The minimum atomic E-state index is 0.883. The normalized spacial score (nSPS) is 13.3. The lowest BCUT2D eigenvalue weighted by Crippen LogP contribution is -2.31. The van der Waals surface area contributed by atoms with Crippen LogP contribution in [0.4, 0.5) is 11.4 Å². The molecule has 1 aliphatic rings. The number of aromatic nitrogens is 1. The molecule has 4 aromatic rings. The zero-order chi connectivity index (χ0) is 21.8. The van der Waals surface area contributed by atoms with E-state index >= 15 is 0 Å². The third-order valence-corrected chi connectivity index (χ3v) is 5.98. The fourth-order valence-electron chi connectivity index (χ4n) is 4.37. The summed E-state index contributed by atoms with van der Waals surface area (Å²) in [4.78, 5) is 7.14. The van der Waals surface area contributed by atoms with Crippen molar-refractivity contribution in [1.82, 2.24) is 9.88 Å². The molecule has 2 heterocycles. The van der Waals surface area contributed by atoms with E-state index in [1.807, 2.05) is 19.1 Å². The summed E-state index contributed by atoms with van der Waals surface area (Å²) in [6.45, 7) is 5.20. The maximum absolute atomic E-state index is 4.63. The molecule has 1 aliphatic heterocycles. The van der Waals surface area contributed by atoms with Gasteiger partial charge in [0, 0.05) is 54.1 Å². The first kappa shape index (κ1) is 20.3. The first-order valence-corrected chi connectivity index (χ1v) is 11.3. The van der Waals surface area contributed by atoms with E-state index < -0.39 is 0 Å². The highest BCUT2D eigenvalue weighted by Gasteiger charge is 2.14. The van der Waals surface area contributed by atoms with Crippen LogP contribution in [0.15, 0.2) is 78.9 Å². The molecule has 0 unspecified atom stereocenters. The van der Waals surface area contributed by atoms with Crippen molar-refractivity contribution >= 4 is 22.3 Å². The predicted octanol–water partition coefficient (Wildman–Crippen LogP) is 6.09. The third-order valence-electron chi connectivity index (χ3n) is 5.98. The number of hydrogen-bond donors (Lipinski definition) is 1. The second-order valence-electron chi connectivity index (χ2n) is 8.38. The smallest absolute Gasteiger partial charge is 0.0726 e. The molecule has 3 nitrogen and oxygen atoms in total. The van der Waals surface area contributed by atoms with Gasteiger partial charge >= 0.3 is 0 Å². The van der Waals surface area contributed by atoms with Crippen molar-refractivity contribution in [3.8, 4) is 11.8 Å². The predicted molar refractivity (Wildman–Crippen MR) is 133 cm³/mol.